The number of hydrogen-bond acceptors (Lipinski definition) is 4. The molecule has 0 radical (unpaired) electrons. The molecule has 0 aromatic carbocycles. The molecule has 0 bridgehead atoms. The van der Waals surface area contributed by atoms with Gasteiger partial charge < -0.3 is 5.11 Å². The molecule has 0 atom stereocenters. The van der Waals surface area contributed by atoms with Crippen LogP contribution in [0.2, 0.25) is 0 Å². The number of hydrogen-bond donors (Lipinski definition) is 3. The molecule has 0 saturated heterocycles. The molecule has 1 aliphatic rings. The lowest BCUT2D eigenvalue weighted by Gasteiger charge is -2.08. The van der Waals surface area contributed by atoms with Crippen LogP contribution in [0.3, 0.4) is 0 Å². The van der Waals surface area contributed by atoms with Crippen LogP contribution in [0.1, 0.15) is 6.42 Å². The molecule has 5 heteroatoms. The van der Waals surface area contributed by atoms with Crippen molar-refractivity contribution in [3.05, 3.63) is 35.8 Å². The van der Waals surface area contributed by atoms with Crippen LogP contribution < -0.4 is 5.90 Å². The third kappa shape index (κ3) is 2.09. The Morgan fingerprint density at radius 1 is 1.50 bits per heavy atom. The molecule has 5 nitrogen and oxygen atoms in total. The quantitative estimate of drug-likeness (QED) is 0.513. The lowest BCUT2D eigenvalue weighted by atomic mass is 10.3. The van der Waals surface area contributed by atoms with Gasteiger partial charge in [-0.1, -0.05) is 16.2 Å². The summed E-state index contributed by atoms with van der Waals surface area (Å²) in [5.74, 6) is 3.26. The summed E-state index contributed by atoms with van der Waals surface area (Å²) in [5, 5.41) is 18.6. The Kier molecular flexibility index (Phi) is 2.87. The predicted octanol–water partition coefficient (Wildman–Crippen LogP) is 0.0518. The third-order valence-corrected chi connectivity index (χ3v) is 1.41. The van der Waals surface area contributed by atoms with Gasteiger partial charge in [-0.15, -0.1) is 0 Å². The number of aliphatic hydroxyl groups is 1. The molecule has 0 aromatic heterocycles. The smallest absolute Gasteiger partial charge is 0.100 e. The summed E-state index contributed by atoms with van der Waals surface area (Å²) in [6.07, 6.45) is 6.77. The maximum atomic E-state index is 9.07. The van der Waals surface area contributed by atoms with E-state index in [9.17, 15) is 0 Å². The number of quaternary nitrogens is 1. The minimum atomic E-state index is 0.235. The number of hydroxylamine groups is 2. The van der Waals surface area contributed by atoms with Crippen LogP contribution in [0.15, 0.2) is 35.8 Å². The first-order chi connectivity index (χ1) is 5.74. The molecular weight excluding hydrogens is 160 g/mol. The molecule has 0 heterocycles. The Bertz CT molecular complexity index is 245. The molecular formula is C7H11N2O3+. The normalized spacial score (nSPS) is 16.5. The summed E-state index contributed by atoms with van der Waals surface area (Å²) in [6.45, 7) is 0. The molecule has 5 N–H and O–H groups in total. The summed E-state index contributed by atoms with van der Waals surface area (Å²) in [4.78, 5) is 4.29. The molecule has 0 aromatic rings. The summed E-state index contributed by atoms with van der Waals surface area (Å²) in [5.41, 5.74) is 0.411. The molecule has 12 heavy (non-hydrogen) atoms. The van der Waals surface area contributed by atoms with E-state index in [4.69, 9.17) is 10.3 Å². The highest BCUT2D eigenvalue weighted by Gasteiger charge is 2.05. The highest BCUT2D eigenvalue weighted by molar-refractivity contribution is 5.26. The third-order valence-electron chi connectivity index (χ3n) is 1.41. The summed E-state index contributed by atoms with van der Waals surface area (Å²) >= 11 is 0. The summed E-state index contributed by atoms with van der Waals surface area (Å²) < 4.78 is 0. The second kappa shape index (κ2) is 3.91. The van der Waals surface area contributed by atoms with Crippen molar-refractivity contribution in [1.82, 2.24) is 5.23 Å². The van der Waals surface area contributed by atoms with Crippen molar-refractivity contribution < 1.29 is 21.1 Å². The first-order valence-corrected chi connectivity index (χ1v) is 3.41. The van der Waals surface area contributed by atoms with Gasteiger partial charge >= 0.3 is 0 Å². The maximum absolute atomic E-state index is 9.07. The molecule has 0 aliphatic heterocycles. The molecule has 0 spiro atoms. The Morgan fingerprint density at radius 2 is 2.25 bits per heavy atom. The summed E-state index contributed by atoms with van der Waals surface area (Å²) in [6, 6.07) is 0. The first-order valence-electron chi connectivity index (χ1n) is 3.41. The lowest BCUT2D eigenvalue weighted by Crippen LogP contribution is -2.54. The SMILES string of the molecule is [NH3+]ON(O)C1=CC=C(O)CC=C1. The van der Waals surface area contributed by atoms with Crippen LogP contribution in [-0.2, 0) is 4.94 Å². The van der Waals surface area contributed by atoms with E-state index >= 15 is 0 Å². The van der Waals surface area contributed by atoms with Crippen molar-refractivity contribution in [3.8, 4) is 0 Å². The van der Waals surface area contributed by atoms with Gasteiger partial charge in [0.1, 0.15) is 5.70 Å². The highest BCUT2D eigenvalue weighted by atomic mass is 16.9. The van der Waals surface area contributed by atoms with Crippen LogP contribution in [0.25, 0.3) is 0 Å². The Labute approximate surface area is 69.5 Å². The fourth-order valence-electron chi connectivity index (χ4n) is 0.808. The fraction of sp³-hybridized carbons (Fsp3) is 0.143. The van der Waals surface area contributed by atoms with Gasteiger partial charge in [0.25, 0.3) is 0 Å². The molecule has 1 aliphatic carbocycles. The fourth-order valence-corrected chi connectivity index (χ4v) is 0.808. The molecule has 66 valence electrons. The minimum Gasteiger partial charge on any atom is -0.512 e. The van der Waals surface area contributed by atoms with Gasteiger partial charge in [-0.05, 0) is 18.2 Å². The maximum Gasteiger partial charge on any atom is 0.100 e. The van der Waals surface area contributed by atoms with E-state index in [1.165, 1.54) is 12.2 Å². The largest absolute Gasteiger partial charge is 0.512 e. The Morgan fingerprint density at radius 3 is 2.92 bits per heavy atom. The average molecular weight is 171 g/mol. The lowest BCUT2D eigenvalue weighted by molar-refractivity contribution is -0.777. The molecule has 1 rings (SSSR count). The van der Waals surface area contributed by atoms with Gasteiger partial charge in [0, 0.05) is 6.42 Å². The number of allylic oxidation sites excluding steroid dienone is 4. The van der Waals surface area contributed by atoms with Crippen LogP contribution in [0, 0.1) is 0 Å². The van der Waals surface area contributed by atoms with E-state index in [1.54, 1.807) is 12.2 Å². The van der Waals surface area contributed by atoms with Crippen molar-refractivity contribution in [2.24, 2.45) is 0 Å². The predicted molar refractivity (Wildman–Crippen MR) is 40.2 cm³/mol. The van der Waals surface area contributed by atoms with Gasteiger partial charge in [0.05, 0.1) is 5.76 Å². The standard InChI is InChI=1S/C7H10N2O3/c8-12-9(11)6-2-1-3-7(10)5-4-6/h1-2,4-5,11H,3H2,8H3/p+1. The Hall–Kier alpha value is -1.30. The number of rotatable bonds is 2. The van der Waals surface area contributed by atoms with E-state index in [-0.39, 0.29) is 5.76 Å². The van der Waals surface area contributed by atoms with E-state index in [1.807, 2.05) is 0 Å². The van der Waals surface area contributed by atoms with E-state index in [0.29, 0.717) is 17.3 Å². The molecule has 0 unspecified atom stereocenters. The monoisotopic (exact) mass is 171 g/mol. The van der Waals surface area contributed by atoms with Crippen molar-refractivity contribution in [1.29, 1.82) is 0 Å². The Balaban J connectivity index is 2.77. The number of aliphatic hydroxyl groups excluding tert-OH is 1. The van der Waals surface area contributed by atoms with Crippen molar-refractivity contribution in [2.45, 2.75) is 6.42 Å². The van der Waals surface area contributed by atoms with Crippen molar-refractivity contribution in [2.75, 3.05) is 0 Å². The van der Waals surface area contributed by atoms with Gasteiger partial charge in [-0.2, -0.15) is 5.90 Å². The van der Waals surface area contributed by atoms with E-state index in [2.05, 4.69) is 10.8 Å². The van der Waals surface area contributed by atoms with Gasteiger partial charge in [-0.25, -0.2) is 0 Å². The summed E-state index contributed by atoms with van der Waals surface area (Å²) in [7, 11) is 0. The second-order valence-corrected chi connectivity index (χ2v) is 2.26. The minimum absolute atomic E-state index is 0.235. The highest BCUT2D eigenvalue weighted by Crippen LogP contribution is 2.10. The molecule has 0 amide bonds. The topological polar surface area (TPSA) is 80.6 Å². The van der Waals surface area contributed by atoms with Crippen LogP contribution in [0.5, 0.6) is 0 Å². The van der Waals surface area contributed by atoms with E-state index in [0.717, 1.165) is 0 Å². The zero-order valence-electron chi connectivity index (χ0n) is 6.47. The average Bonchev–Trinajstić information content (AvgIpc) is 2.29. The zero-order chi connectivity index (χ0) is 8.97. The molecule has 0 saturated carbocycles. The van der Waals surface area contributed by atoms with Crippen molar-refractivity contribution in [3.63, 3.8) is 0 Å². The van der Waals surface area contributed by atoms with Crippen molar-refractivity contribution >= 4 is 0 Å². The van der Waals surface area contributed by atoms with Crippen LogP contribution in [0.4, 0.5) is 0 Å². The second-order valence-electron chi connectivity index (χ2n) is 2.26. The first kappa shape index (κ1) is 8.79. The van der Waals surface area contributed by atoms with Crippen LogP contribution in [-0.4, -0.2) is 15.5 Å². The zero-order valence-corrected chi connectivity index (χ0v) is 6.47. The van der Waals surface area contributed by atoms with Gasteiger partial charge in [0.2, 0.25) is 0 Å². The van der Waals surface area contributed by atoms with Gasteiger partial charge in [0.15, 0.2) is 0 Å². The number of nitrogens with zero attached hydrogens (tertiary/aromatic N) is 1. The van der Waals surface area contributed by atoms with Gasteiger partial charge in [-0.3, -0.25) is 5.21 Å². The molecule has 0 fully saturated rings. The van der Waals surface area contributed by atoms with E-state index < -0.39 is 0 Å². The van der Waals surface area contributed by atoms with Crippen LogP contribution >= 0.6 is 0 Å².